The smallest absolute Gasteiger partial charge is 0.433 e. The molecule has 0 bridgehead atoms. The van der Waals surface area contributed by atoms with Crippen LogP contribution in [-0.4, -0.2) is 31.1 Å². The van der Waals surface area contributed by atoms with Gasteiger partial charge in [0.15, 0.2) is 0 Å². The lowest BCUT2D eigenvalue weighted by atomic mass is 10.1. The van der Waals surface area contributed by atoms with Crippen LogP contribution in [0, 0.1) is 0 Å². The molecule has 0 aromatic carbocycles. The topological polar surface area (TPSA) is 65.5 Å². The molecule has 0 amide bonds. The van der Waals surface area contributed by atoms with Crippen LogP contribution in [0.3, 0.4) is 0 Å². The average Bonchev–Trinajstić information content (AvgIpc) is 2.42. The van der Waals surface area contributed by atoms with E-state index < -0.39 is 23.8 Å². The first kappa shape index (κ1) is 15.7. The van der Waals surface area contributed by atoms with E-state index in [1.807, 2.05) is 0 Å². The minimum absolute atomic E-state index is 0.194. The van der Waals surface area contributed by atoms with E-state index in [1.165, 1.54) is 0 Å². The van der Waals surface area contributed by atoms with E-state index in [-0.39, 0.29) is 11.3 Å². The molecule has 1 aromatic rings. The molecule has 5 nitrogen and oxygen atoms in total. The van der Waals surface area contributed by atoms with E-state index in [0.717, 1.165) is 32.4 Å². The van der Waals surface area contributed by atoms with Gasteiger partial charge in [-0.05, 0) is 18.2 Å². The van der Waals surface area contributed by atoms with Crippen molar-refractivity contribution in [2.45, 2.75) is 6.18 Å². The number of nitrogens with zero attached hydrogens (tertiary/aromatic N) is 1. The fraction of sp³-hybridized carbons (Fsp3) is 0.250. The highest BCUT2D eigenvalue weighted by molar-refractivity contribution is 5.95. The van der Waals surface area contributed by atoms with Gasteiger partial charge in [-0.3, -0.25) is 0 Å². The minimum Gasteiger partial charge on any atom is -0.466 e. The Morgan fingerprint density at radius 2 is 1.85 bits per heavy atom. The van der Waals surface area contributed by atoms with E-state index in [4.69, 9.17) is 0 Å². The number of alkyl halides is 3. The summed E-state index contributed by atoms with van der Waals surface area (Å²) in [6.45, 7) is 0. The number of hydrogen-bond donors (Lipinski definition) is 0. The highest BCUT2D eigenvalue weighted by Gasteiger charge is 2.33. The molecule has 0 unspecified atom stereocenters. The number of carbonyl (C=O) groups is 2. The van der Waals surface area contributed by atoms with Crippen molar-refractivity contribution in [2.24, 2.45) is 0 Å². The van der Waals surface area contributed by atoms with Gasteiger partial charge < -0.3 is 9.47 Å². The molecule has 0 saturated carbocycles. The number of ether oxygens (including phenoxy) is 2. The number of esters is 2. The summed E-state index contributed by atoms with van der Waals surface area (Å²) < 4.78 is 46.4. The van der Waals surface area contributed by atoms with E-state index in [1.54, 1.807) is 0 Å². The molecule has 0 radical (unpaired) electrons. The summed E-state index contributed by atoms with van der Waals surface area (Å²) in [6.07, 6.45) is -2.86. The van der Waals surface area contributed by atoms with Gasteiger partial charge in [0.1, 0.15) is 5.69 Å². The third-order valence-corrected chi connectivity index (χ3v) is 2.20. The molecule has 0 N–H and O–H groups in total. The number of rotatable bonds is 3. The second-order valence-electron chi connectivity index (χ2n) is 3.48. The second-order valence-corrected chi connectivity index (χ2v) is 3.48. The van der Waals surface area contributed by atoms with Crippen LogP contribution in [0.5, 0.6) is 0 Å². The summed E-state index contributed by atoms with van der Waals surface area (Å²) >= 11 is 0. The minimum atomic E-state index is -4.66. The molecular weight excluding hydrogens is 279 g/mol. The van der Waals surface area contributed by atoms with Crippen LogP contribution in [0.4, 0.5) is 13.2 Å². The molecule has 0 aliphatic rings. The van der Waals surface area contributed by atoms with Crippen LogP contribution in [0.15, 0.2) is 18.2 Å². The van der Waals surface area contributed by atoms with Gasteiger partial charge in [-0.15, -0.1) is 0 Å². The zero-order chi connectivity index (χ0) is 15.3. The molecule has 0 fully saturated rings. The highest BCUT2D eigenvalue weighted by Crippen LogP contribution is 2.28. The first-order valence-corrected chi connectivity index (χ1v) is 5.22. The van der Waals surface area contributed by atoms with Gasteiger partial charge in [-0.25, -0.2) is 14.6 Å². The molecule has 0 aliphatic carbocycles. The third kappa shape index (κ3) is 3.81. The van der Waals surface area contributed by atoms with Crippen molar-refractivity contribution in [3.05, 3.63) is 35.2 Å². The van der Waals surface area contributed by atoms with E-state index in [2.05, 4.69) is 14.5 Å². The van der Waals surface area contributed by atoms with Gasteiger partial charge in [0.05, 0.1) is 25.5 Å². The standard InChI is InChI=1S/C12H10F3NO4/c1-19-10(17)6-4-8-7(11(18)20-2)3-5-9(16-8)12(13,14)15/h3-6H,1-2H3. The molecule has 20 heavy (non-hydrogen) atoms. The zero-order valence-electron chi connectivity index (χ0n) is 10.5. The molecule has 1 rings (SSSR count). The molecule has 0 saturated heterocycles. The molecule has 0 spiro atoms. The third-order valence-electron chi connectivity index (χ3n) is 2.20. The van der Waals surface area contributed by atoms with Crippen molar-refractivity contribution in [1.82, 2.24) is 4.98 Å². The number of pyridine rings is 1. The van der Waals surface area contributed by atoms with Crippen molar-refractivity contribution in [3.63, 3.8) is 0 Å². The Morgan fingerprint density at radius 1 is 1.20 bits per heavy atom. The van der Waals surface area contributed by atoms with E-state index in [0.29, 0.717) is 6.07 Å². The van der Waals surface area contributed by atoms with Crippen LogP contribution in [0.1, 0.15) is 21.7 Å². The van der Waals surface area contributed by atoms with Gasteiger partial charge in [0.25, 0.3) is 0 Å². The molecule has 1 aromatic heterocycles. The normalized spacial score (nSPS) is 11.4. The van der Waals surface area contributed by atoms with Crippen LogP contribution in [-0.2, 0) is 20.4 Å². The maximum atomic E-state index is 12.6. The number of methoxy groups -OCH3 is 2. The van der Waals surface area contributed by atoms with Crippen molar-refractivity contribution in [1.29, 1.82) is 0 Å². The van der Waals surface area contributed by atoms with Gasteiger partial charge in [-0.1, -0.05) is 0 Å². The summed E-state index contributed by atoms with van der Waals surface area (Å²) in [5.41, 5.74) is -1.72. The fourth-order valence-corrected chi connectivity index (χ4v) is 1.26. The Bertz CT molecular complexity index is 552. The Hall–Kier alpha value is -2.38. The number of halogens is 3. The lowest BCUT2D eigenvalue weighted by molar-refractivity contribution is -0.141. The lowest BCUT2D eigenvalue weighted by Gasteiger charge is -2.09. The van der Waals surface area contributed by atoms with Crippen LogP contribution in [0.2, 0.25) is 0 Å². The van der Waals surface area contributed by atoms with E-state index >= 15 is 0 Å². The SMILES string of the molecule is COC(=O)C=Cc1nc(C(F)(F)F)ccc1C(=O)OC. The fourth-order valence-electron chi connectivity index (χ4n) is 1.26. The monoisotopic (exact) mass is 289 g/mol. The lowest BCUT2D eigenvalue weighted by Crippen LogP contribution is -2.12. The average molecular weight is 289 g/mol. The van der Waals surface area contributed by atoms with Crippen LogP contribution < -0.4 is 0 Å². The summed E-state index contributed by atoms with van der Waals surface area (Å²) in [4.78, 5) is 25.7. The molecule has 1 heterocycles. The Kier molecular flexibility index (Phi) is 4.84. The summed E-state index contributed by atoms with van der Waals surface area (Å²) in [6, 6.07) is 1.58. The number of hydrogen-bond acceptors (Lipinski definition) is 5. The van der Waals surface area contributed by atoms with Crippen molar-refractivity contribution in [2.75, 3.05) is 14.2 Å². The largest absolute Gasteiger partial charge is 0.466 e. The number of carbonyl (C=O) groups excluding carboxylic acids is 2. The molecule has 108 valence electrons. The number of aromatic nitrogens is 1. The Morgan fingerprint density at radius 3 is 2.35 bits per heavy atom. The van der Waals surface area contributed by atoms with Gasteiger partial charge >= 0.3 is 18.1 Å². The first-order valence-electron chi connectivity index (χ1n) is 5.22. The van der Waals surface area contributed by atoms with Crippen molar-refractivity contribution < 1.29 is 32.2 Å². The van der Waals surface area contributed by atoms with Crippen molar-refractivity contribution >= 4 is 18.0 Å². The summed E-state index contributed by atoms with van der Waals surface area (Å²) in [5, 5.41) is 0. The van der Waals surface area contributed by atoms with E-state index in [9.17, 15) is 22.8 Å². The van der Waals surface area contributed by atoms with Crippen molar-refractivity contribution in [3.8, 4) is 0 Å². The van der Waals surface area contributed by atoms with Gasteiger partial charge in [0.2, 0.25) is 0 Å². The molecule has 0 atom stereocenters. The first-order chi connectivity index (χ1) is 9.29. The van der Waals surface area contributed by atoms with Crippen LogP contribution >= 0.6 is 0 Å². The summed E-state index contributed by atoms with van der Waals surface area (Å²) in [7, 11) is 2.18. The maximum Gasteiger partial charge on any atom is 0.433 e. The predicted molar refractivity (Wildman–Crippen MR) is 61.6 cm³/mol. The maximum absolute atomic E-state index is 12.6. The predicted octanol–water partition coefficient (Wildman–Crippen LogP) is 2.07. The Balaban J connectivity index is 3.30. The van der Waals surface area contributed by atoms with Gasteiger partial charge in [-0.2, -0.15) is 13.2 Å². The zero-order valence-corrected chi connectivity index (χ0v) is 10.5. The van der Waals surface area contributed by atoms with Gasteiger partial charge in [0, 0.05) is 6.08 Å². The molecule has 8 heteroatoms. The molecular formula is C12H10F3NO4. The quantitative estimate of drug-likeness (QED) is 0.629. The molecule has 0 aliphatic heterocycles. The second kappa shape index (κ2) is 6.18. The Labute approximate surface area is 112 Å². The summed E-state index contributed by atoms with van der Waals surface area (Å²) in [5.74, 6) is -1.66. The highest BCUT2D eigenvalue weighted by atomic mass is 19.4. The van der Waals surface area contributed by atoms with Crippen LogP contribution in [0.25, 0.3) is 6.08 Å².